The molecule has 0 unspecified atom stereocenters. The Morgan fingerprint density at radius 2 is 2.25 bits per heavy atom. The number of likely N-dealkylation sites (N-methyl/N-ethyl adjacent to an activating group) is 1. The lowest BCUT2D eigenvalue weighted by Crippen LogP contribution is -2.39. The molecule has 1 amide bonds. The Kier molecular flexibility index (Phi) is 3.93. The molecular formula is C14H17N3O2S. The van der Waals surface area contributed by atoms with Crippen LogP contribution >= 0.6 is 11.7 Å². The first-order chi connectivity index (χ1) is 9.74. The maximum atomic E-state index is 12.3. The van der Waals surface area contributed by atoms with Crippen molar-refractivity contribution in [1.29, 1.82) is 0 Å². The number of fused-ring (bicyclic) bond motifs is 1. The number of carbonyl (C=O) groups is 1. The monoisotopic (exact) mass is 291 g/mol. The van der Waals surface area contributed by atoms with Gasteiger partial charge >= 0.3 is 0 Å². The van der Waals surface area contributed by atoms with Crippen molar-refractivity contribution < 1.29 is 9.53 Å². The highest BCUT2D eigenvalue weighted by molar-refractivity contribution is 7.00. The predicted octanol–water partition coefficient (Wildman–Crippen LogP) is 2.22. The van der Waals surface area contributed by atoms with E-state index in [0.29, 0.717) is 13.2 Å². The van der Waals surface area contributed by atoms with Gasteiger partial charge < -0.3 is 9.64 Å². The van der Waals surface area contributed by atoms with Gasteiger partial charge in [0.05, 0.1) is 11.7 Å². The maximum Gasteiger partial charge on any atom is 0.251 e. The minimum absolute atomic E-state index is 0.0706. The van der Waals surface area contributed by atoms with E-state index in [-0.39, 0.29) is 12.0 Å². The first-order valence-electron chi connectivity index (χ1n) is 6.82. The summed E-state index contributed by atoms with van der Waals surface area (Å²) in [4.78, 5) is 14.0. The van der Waals surface area contributed by atoms with Gasteiger partial charge in [0.25, 0.3) is 5.91 Å². The van der Waals surface area contributed by atoms with Crippen molar-refractivity contribution >= 4 is 28.7 Å². The van der Waals surface area contributed by atoms with Gasteiger partial charge in [-0.05, 0) is 37.0 Å². The molecule has 1 aromatic heterocycles. The molecule has 1 aromatic carbocycles. The van der Waals surface area contributed by atoms with E-state index in [1.54, 1.807) is 4.90 Å². The molecule has 0 radical (unpaired) electrons. The van der Waals surface area contributed by atoms with Gasteiger partial charge in [-0.2, -0.15) is 8.75 Å². The minimum Gasteiger partial charge on any atom is -0.368 e. The van der Waals surface area contributed by atoms with Crippen LogP contribution in [0.2, 0.25) is 0 Å². The summed E-state index contributed by atoms with van der Waals surface area (Å²) in [5, 5.41) is 0. The van der Waals surface area contributed by atoms with Gasteiger partial charge in [-0.25, -0.2) is 0 Å². The third-order valence-electron chi connectivity index (χ3n) is 3.57. The molecule has 5 nitrogen and oxygen atoms in total. The zero-order valence-electron chi connectivity index (χ0n) is 11.4. The second-order valence-electron chi connectivity index (χ2n) is 5.14. The van der Waals surface area contributed by atoms with Gasteiger partial charge in [-0.3, -0.25) is 4.79 Å². The van der Waals surface area contributed by atoms with Crippen LogP contribution in [0, 0.1) is 0 Å². The summed E-state index contributed by atoms with van der Waals surface area (Å²) in [5.41, 5.74) is 2.86. The summed E-state index contributed by atoms with van der Waals surface area (Å²) in [7, 11) is 1.82. The van der Waals surface area contributed by atoms with E-state index in [4.69, 9.17) is 4.74 Å². The van der Waals surface area contributed by atoms with Crippen LogP contribution in [0.5, 0.6) is 0 Å². The molecule has 1 atom stereocenters. The lowest BCUT2D eigenvalue weighted by atomic mass is 10.1. The Bertz CT molecular complexity index is 607. The molecule has 20 heavy (non-hydrogen) atoms. The summed E-state index contributed by atoms with van der Waals surface area (Å²) in [6.45, 7) is 1.27. The van der Waals surface area contributed by atoms with Crippen LogP contribution in [-0.2, 0) is 16.1 Å². The average Bonchev–Trinajstić information content (AvgIpc) is 2.95. The molecule has 1 fully saturated rings. The van der Waals surface area contributed by atoms with Crippen LogP contribution in [0.1, 0.15) is 24.8 Å². The molecule has 1 aliphatic rings. The van der Waals surface area contributed by atoms with Crippen LogP contribution in [0.25, 0.3) is 11.0 Å². The number of nitrogens with zero attached hydrogens (tertiary/aromatic N) is 3. The van der Waals surface area contributed by atoms with Crippen LogP contribution in [0.15, 0.2) is 18.2 Å². The lowest BCUT2D eigenvalue weighted by Gasteiger charge is -2.26. The maximum absolute atomic E-state index is 12.3. The number of hydrogen-bond donors (Lipinski definition) is 0. The number of hydrogen-bond acceptors (Lipinski definition) is 5. The van der Waals surface area contributed by atoms with E-state index in [0.717, 1.165) is 35.9 Å². The molecule has 2 aromatic rings. The van der Waals surface area contributed by atoms with Crippen LogP contribution in [0.4, 0.5) is 0 Å². The Balaban J connectivity index is 1.67. The number of ether oxygens (including phenoxy) is 1. The molecule has 1 aliphatic heterocycles. The van der Waals surface area contributed by atoms with Gasteiger partial charge in [-0.1, -0.05) is 6.07 Å². The van der Waals surface area contributed by atoms with Crippen molar-refractivity contribution in [1.82, 2.24) is 13.6 Å². The summed E-state index contributed by atoms with van der Waals surface area (Å²) >= 11 is 1.21. The van der Waals surface area contributed by atoms with Gasteiger partial charge in [-0.15, -0.1) is 0 Å². The van der Waals surface area contributed by atoms with Crippen molar-refractivity contribution in [3.63, 3.8) is 0 Å². The molecular weight excluding hydrogens is 274 g/mol. The Hall–Kier alpha value is -1.53. The first-order valence-corrected chi connectivity index (χ1v) is 7.55. The molecule has 0 N–H and O–H groups in total. The average molecular weight is 291 g/mol. The summed E-state index contributed by atoms with van der Waals surface area (Å²) in [6.07, 6.45) is 2.69. The van der Waals surface area contributed by atoms with E-state index >= 15 is 0 Å². The third kappa shape index (κ3) is 2.81. The Labute approximate surface area is 121 Å². The van der Waals surface area contributed by atoms with Crippen molar-refractivity contribution in [2.45, 2.75) is 31.9 Å². The van der Waals surface area contributed by atoms with E-state index in [2.05, 4.69) is 8.75 Å². The normalized spacial score (nSPS) is 19.1. The number of amides is 1. The van der Waals surface area contributed by atoms with E-state index in [1.807, 2.05) is 25.2 Å². The molecule has 3 rings (SSSR count). The number of benzene rings is 1. The van der Waals surface area contributed by atoms with Crippen LogP contribution < -0.4 is 0 Å². The Morgan fingerprint density at radius 1 is 1.40 bits per heavy atom. The van der Waals surface area contributed by atoms with Crippen molar-refractivity contribution in [2.75, 3.05) is 13.7 Å². The minimum atomic E-state index is -0.265. The van der Waals surface area contributed by atoms with Crippen LogP contribution in [0.3, 0.4) is 0 Å². The lowest BCUT2D eigenvalue weighted by molar-refractivity contribution is -0.145. The fraction of sp³-hybridized carbons (Fsp3) is 0.500. The number of rotatable bonds is 3. The SMILES string of the molecule is CN(Cc1ccc2nsnc2c1)C(=O)[C@H]1CCCCO1. The Morgan fingerprint density at radius 3 is 3.05 bits per heavy atom. The molecule has 2 heterocycles. The first kappa shape index (κ1) is 13.5. The number of aromatic nitrogens is 2. The van der Waals surface area contributed by atoms with Crippen LogP contribution in [-0.4, -0.2) is 39.3 Å². The van der Waals surface area contributed by atoms with E-state index < -0.39 is 0 Å². The fourth-order valence-electron chi connectivity index (χ4n) is 2.46. The zero-order chi connectivity index (χ0) is 13.9. The predicted molar refractivity (Wildman–Crippen MR) is 77.5 cm³/mol. The standard InChI is InChI=1S/C14H17N3O2S/c1-17(14(18)13-4-2-3-7-19-13)9-10-5-6-11-12(8-10)16-20-15-11/h5-6,8,13H,2-4,7,9H2,1H3/t13-/m1/s1. The third-order valence-corrected chi connectivity index (χ3v) is 4.13. The van der Waals surface area contributed by atoms with E-state index in [9.17, 15) is 4.79 Å². The van der Waals surface area contributed by atoms with Gasteiger partial charge in [0.2, 0.25) is 0 Å². The van der Waals surface area contributed by atoms with E-state index in [1.165, 1.54) is 11.7 Å². The van der Waals surface area contributed by atoms with Crippen molar-refractivity contribution in [2.24, 2.45) is 0 Å². The molecule has 1 saturated heterocycles. The molecule has 0 bridgehead atoms. The number of carbonyl (C=O) groups excluding carboxylic acids is 1. The molecule has 106 valence electrons. The summed E-state index contributed by atoms with van der Waals surface area (Å²) < 4.78 is 13.9. The van der Waals surface area contributed by atoms with Crippen molar-refractivity contribution in [3.05, 3.63) is 23.8 Å². The molecule has 0 saturated carbocycles. The topological polar surface area (TPSA) is 55.3 Å². The largest absolute Gasteiger partial charge is 0.368 e. The second-order valence-corrected chi connectivity index (χ2v) is 5.67. The van der Waals surface area contributed by atoms with Gasteiger partial charge in [0, 0.05) is 20.2 Å². The quantitative estimate of drug-likeness (QED) is 0.870. The highest BCUT2D eigenvalue weighted by Gasteiger charge is 2.24. The van der Waals surface area contributed by atoms with Crippen molar-refractivity contribution in [3.8, 4) is 0 Å². The summed E-state index contributed by atoms with van der Waals surface area (Å²) in [6, 6.07) is 5.93. The zero-order valence-corrected chi connectivity index (χ0v) is 12.2. The van der Waals surface area contributed by atoms with Gasteiger partial charge in [0.1, 0.15) is 17.1 Å². The highest BCUT2D eigenvalue weighted by Crippen LogP contribution is 2.18. The molecule has 6 heteroatoms. The second kappa shape index (κ2) is 5.85. The molecule has 0 aliphatic carbocycles. The fourth-order valence-corrected chi connectivity index (χ4v) is 2.98. The highest BCUT2D eigenvalue weighted by atomic mass is 32.1. The smallest absolute Gasteiger partial charge is 0.251 e. The summed E-state index contributed by atoms with van der Waals surface area (Å²) in [5.74, 6) is 0.0706. The molecule has 0 spiro atoms. The van der Waals surface area contributed by atoms with Gasteiger partial charge in [0.15, 0.2) is 0 Å².